The zero-order valence-electron chi connectivity index (χ0n) is 11.1. The van der Waals surface area contributed by atoms with Gasteiger partial charge in [0.15, 0.2) is 0 Å². The molecule has 1 saturated heterocycles. The highest BCUT2D eigenvalue weighted by Gasteiger charge is 2.32. The van der Waals surface area contributed by atoms with Gasteiger partial charge in [0.1, 0.15) is 5.82 Å². The SMILES string of the molecule is CC(C)(C)C1CCN(c2cc(F)c(Cl)cc2N)C1. The number of benzene rings is 1. The van der Waals surface area contributed by atoms with Gasteiger partial charge in [-0.05, 0) is 23.8 Å². The summed E-state index contributed by atoms with van der Waals surface area (Å²) in [5, 5.41) is 0.0859. The number of halogens is 2. The van der Waals surface area contributed by atoms with Crippen molar-refractivity contribution in [3.8, 4) is 0 Å². The van der Waals surface area contributed by atoms with E-state index in [1.165, 1.54) is 12.1 Å². The minimum atomic E-state index is -0.403. The molecule has 1 aromatic carbocycles. The van der Waals surface area contributed by atoms with Crippen LogP contribution in [0.4, 0.5) is 15.8 Å². The van der Waals surface area contributed by atoms with E-state index in [1.807, 2.05) is 0 Å². The summed E-state index contributed by atoms with van der Waals surface area (Å²) in [6, 6.07) is 2.94. The van der Waals surface area contributed by atoms with E-state index in [9.17, 15) is 4.39 Å². The molecule has 18 heavy (non-hydrogen) atoms. The van der Waals surface area contributed by atoms with Crippen molar-refractivity contribution in [3.63, 3.8) is 0 Å². The predicted octanol–water partition coefficient (Wildman–Crippen LogP) is 3.93. The van der Waals surface area contributed by atoms with Crippen molar-refractivity contribution in [2.75, 3.05) is 23.7 Å². The van der Waals surface area contributed by atoms with Gasteiger partial charge in [-0.3, -0.25) is 0 Å². The maximum Gasteiger partial charge on any atom is 0.144 e. The lowest BCUT2D eigenvalue weighted by atomic mass is 9.80. The number of nitrogens with zero attached hydrogens (tertiary/aromatic N) is 1. The Labute approximate surface area is 113 Å². The van der Waals surface area contributed by atoms with Crippen LogP contribution >= 0.6 is 11.6 Å². The zero-order valence-corrected chi connectivity index (χ0v) is 11.9. The summed E-state index contributed by atoms with van der Waals surface area (Å²) in [7, 11) is 0. The Kier molecular flexibility index (Phi) is 3.45. The maximum absolute atomic E-state index is 13.5. The highest BCUT2D eigenvalue weighted by Crippen LogP contribution is 2.38. The van der Waals surface area contributed by atoms with Crippen LogP contribution in [0.5, 0.6) is 0 Å². The lowest BCUT2D eigenvalue weighted by Gasteiger charge is -2.28. The molecule has 1 heterocycles. The number of nitrogen functional groups attached to an aromatic ring is 1. The molecule has 1 atom stereocenters. The summed E-state index contributed by atoms with van der Waals surface area (Å²) in [5.41, 5.74) is 7.52. The molecule has 0 amide bonds. The van der Waals surface area contributed by atoms with Crippen molar-refractivity contribution in [1.29, 1.82) is 0 Å². The third-order valence-electron chi connectivity index (χ3n) is 3.82. The molecule has 1 aliphatic heterocycles. The van der Waals surface area contributed by atoms with E-state index >= 15 is 0 Å². The first kappa shape index (κ1) is 13.5. The van der Waals surface area contributed by atoms with Gasteiger partial charge >= 0.3 is 0 Å². The lowest BCUT2D eigenvalue weighted by Crippen LogP contribution is -2.26. The molecular weight excluding hydrogens is 251 g/mol. The molecule has 2 N–H and O–H groups in total. The Morgan fingerprint density at radius 1 is 1.39 bits per heavy atom. The normalized spacial score (nSPS) is 20.5. The number of hydrogen-bond acceptors (Lipinski definition) is 2. The van der Waals surface area contributed by atoms with Gasteiger partial charge in [0.25, 0.3) is 0 Å². The number of anilines is 2. The minimum Gasteiger partial charge on any atom is -0.397 e. The smallest absolute Gasteiger partial charge is 0.144 e. The number of rotatable bonds is 1. The largest absolute Gasteiger partial charge is 0.397 e. The second kappa shape index (κ2) is 4.61. The molecule has 0 aliphatic carbocycles. The van der Waals surface area contributed by atoms with Gasteiger partial charge in [-0.1, -0.05) is 32.4 Å². The van der Waals surface area contributed by atoms with Crippen molar-refractivity contribution in [3.05, 3.63) is 23.0 Å². The molecule has 1 unspecified atom stereocenters. The summed E-state index contributed by atoms with van der Waals surface area (Å²) in [4.78, 5) is 2.16. The van der Waals surface area contributed by atoms with Crippen molar-refractivity contribution < 1.29 is 4.39 Å². The first-order chi connectivity index (χ1) is 8.29. The zero-order chi connectivity index (χ0) is 13.5. The number of nitrogens with two attached hydrogens (primary N) is 1. The van der Waals surface area contributed by atoms with Gasteiger partial charge in [0.2, 0.25) is 0 Å². The van der Waals surface area contributed by atoms with Crippen LogP contribution < -0.4 is 10.6 Å². The van der Waals surface area contributed by atoms with Crippen LogP contribution in [0.1, 0.15) is 27.2 Å². The Morgan fingerprint density at radius 3 is 2.61 bits per heavy atom. The highest BCUT2D eigenvalue weighted by atomic mass is 35.5. The first-order valence-electron chi connectivity index (χ1n) is 6.28. The van der Waals surface area contributed by atoms with Crippen LogP contribution in [0.2, 0.25) is 5.02 Å². The van der Waals surface area contributed by atoms with Gasteiger partial charge < -0.3 is 10.6 Å². The first-order valence-corrected chi connectivity index (χ1v) is 6.66. The fourth-order valence-corrected chi connectivity index (χ4v) is 2.68. The molecule has 2 nitrogen and oxygen atoms in total. The standard InChI is InChI=1S/C14H20ClFN2/c1-14(2,3)9-4-5-18(8-9)13-7-11(16)10(15)6-12(13)17/h6-7,9H,4-5,8,17H2,1-3H3. The molecule has 1 aromatic rings. The lowest BCUT2D eigenvalue weighted by molar-refractivity contribution is 0.263. The van der Waals surface area contributed by atoms with E-state index in [4.69, 9.17) is 17.3 Å². The summed E-state index contributed by atoms with van der Waals surface area (Å²) in [6.07, 6.45) is 1.12. The second-order valence-electron chi connectivity index (χ2n) is 6.12. The van der Waals surface area contributed by atoms with Crippen LogP contribution in [0, 0.1) is 17.2 Å². The quantitative estimate of drug-likeness (QED) is 0.784. The average Bonchev–Trinajstić information content (AvgIpc) is 2.72. The molecule has 0 aromatic heterocycles. The molecule has 4 heteroatoms. The van der Waals surface area contributed by atoms with Crippen molar-refractivity contribution in [1.82, 2.24) is 0 Å². The third-order valence-corrected chi connectivity index (χ3v) is 4.11. The van der Waals surface area contributed by atoms with E-state index in [0.29, 0.717) is 11.6 Å². The fraction of sp³-hybridized carbons (Fsp3) is 0.571. The summed E-state index contributed by atoms with van der Waals surface area (Å²) in [6.45, 7) is 8.58. The molecule has 0 bridgehead atoms. The molecule has 0 radical (unpaired) electrons. The fourth-order valence-electron chi connectivity index (χ4n) is 2.51. The van der Waals surface area contributed by atoms with Crippen LogP contribution in [-0.4, -0.2) is 13.1 Å². The minimum absolute atomic E-state index is 0.0859. The summed E-state index contributed by atoms with van der Waals surface area (Å²) in [5.74, 6) is 0.204. The van der Waals surface area contributed by atoms with E-state index in [1.54, 1.807) is 0 Å². The molecule has 0 spiro atoms. The topological polar surface area (TPSA) is 29.3 Å². The van der Waals surface area contributed by atoms with Gasteiger partial charge in [0, 0.05) is 19.2 Å². The van der Waals surface area contributed by atoms with E-state index in [-0.39, 0.29) is 10.4 Å². The van der Waals surface area contributed by atoms with E-state index in [2.05, 4.69) is 25.7 Å². The van der Waals surface area contributed by atoms with Gasteiger partial charge in [0.05, 0.1) is 16.4 Å². The van der Waals surface area contributed by atoms with Crippen LogP contribution in [-0.2, 0) is 0 Å². The summed E-state index contributed by atoms with van der Waals surface area (Å²) < 4.78 is 13.5. The molecule has 0 saturated carbocycles. The Bertz CT molecular complexity index is 454. The Hall–Kier alpha value is -0.960. The van der Waals surface area contributed by atoms with Crippen molar-refractivity contribution in [2.45, 2.75) is 27.2 Å². The van der Waals surface area contributed by atoms with Crippen molar-refractivity contribution in [2.24, 2.45) is 11.3 Å². The Balaban J connectivity index is 2.22. The molecule has 100 valence electrons. The van der Waals surface area contributed by atoms with E-state index < -0.39 is 5.82 Å². The highest BCUT2D eigenvalue weighted by molar-refractivity contribution is 6.31. The van der Waals surface area contributed by atoms with Gasteiger partial charge in [-0.25, -0.2) is 4.39 Å². The van der Waals surface area contributed by atoms with Crippen LogP contribution in [0.3, 0.4) is 0 Å². The molecule has 1 aliphatic rings. The van der Waals surface area contributed by atoms with Crippen LogP contribution in [0.15, 0.2) is 12.1 Å². The second-order valence-corrected chi connectivity index (χ2v) is 6.53. The van der Waals surface area contributed by atoms with Gasteiger partial charge in [-0.15, -0.1) is 0 Å². The van der Waals surface area contributed by atoms with Crippen molar-refractivity contribution >= 4 is 23.0 Å². The van der Waals surface area contributed by atoms with E-state index in [0.717, 1.165) is 25.2 Å². The maximum atomic E-state index is 13.5. The molecule has 1 fully saturated rings. The predicted molar refractivity (Wildman–Crippen MR) is 75.6 cm³/mol. The summed E-state index contributed by atoms with van der Waals surface area (Å²) >= 11 is 5.72. The average molecular weight is 271 g/mol. The monoisotopic (exact) mass is 270 g/mol. The third kappa shape index (κ3) is 2.56. The molecule has 2 rings (SSSR count). The van der Waals surface area contributed by atoms with Gasteiger partial charge in [-0.2, -0.15) is 0 Å². The molecular formula is C14H20ClFN2. The van der Waals surface area contributed by atoms with Crippen LogP contribution in [0.25, 0.3) is 0 Å². The Morgan fingerprint density at radius 2 is 2.06 bits per heavy atom. The number of hydrogen-bond donors (Lipinski definition) is 1.